The van der Waals surface area contributed by atoms with Crippen molar-refractivity contribution < 1.29 is 9.53 Å². The van der Waals surface area contributed by atoms with Crippen molar-refractivity contribution in [3.63, 3.8) is 0 Å². The zero-order chi connectivity index (χ0) is 12.1. The molecule has 0 aromatic heterocycles. The number of amides is 1. The summed E-state index contributed by atoms with van der Waals surface area (Å²) in [5.41, 5.74) is 6.47. The van der Waals surface area contributed by atoms with Gasteiger partial charge in [-0.3, -0.25) is 4.79 Å². The minimum absolute atomic E-state index is 0.0294. The molecule has 0 saturated heterocycles. The smallest absolute Gasteiger partial charge is 0.259 e. The standard InChI is InChI=1S/C11H15BrN2O2/c1-14(2)11(15)7-16-10-4-3-9(12)5-8(10)6-13/h3-5H,6-7,13H2,1-2H3. The number of nitrogens with zero attached hydrogens (tertiary/aromatic N) is 1. The Morgan fingerprint density at radius 1 is 1.50 bits per heavy atom. The van der Waals surface area contributed by atoms with Gasteiger partial charge in [-0.05, 0) is 18.2 Å². The lowest BCUT2D eigenvalue weighted by Crippen LogP contribution is -2.27. The van der Waals surface area contributed by atoms with E-state index >= 15 is 0 Å². The first kappa shape index (κ1) is 13.0. The third kappa shape index (κ3) is 3.50. The van der Waals surface area contributed by atoms with E-state index in [1.165, 1.54) is 4.90 Å². The van der Waals surface area contributed by atoms with Gasteiger partial charge >= 0.3 is 0 Å². The van der Waals surface area contributed by atoms with Crippen molar-refractivity contribution in [1.82, 2.24) is 4.90 Å². The number of hydrogen-bond acceptors (Lipinski definition) is 3. The van der Waals surface area contributed by atoms with Gasteiger partial charge in [0.2, 0.25) is 0 Å². The Labute approximate surface area is 103 Å². The van der Waals surface area contributed by atoms with Crippen molar-refractivity contribution in [1.29, 1.82) is 0 Å². The van der Waals surface area contributed by atoms with Crippen LogP contribution in [0.4, 0.5) is 0 Å². The first-order valence-electron chi connectivity index (χ1n) is 4.86. The van der Waals surface area contributed by atoms with E-state index in [0.29, 0.717) is 12.3 Å². The second kappa shape index (κ2) is 5.86. The van der Waals surface area contributed by atoms with Gasteiger partial charge in [0, 0.05) is 30.7 Å². The van der Waals surface area contributed by atoms with E-state index in [1.807, 2.05) is 12.1 Å². The van der Waals surface area contributed by atoms with Gasteiger partial charge in [-0.2, -0.15) is 0 Å². The molecule has 4 nitrogen and oxygen atoms in total. The quantitative estimate of drug-likeness (QED) is 0.910. The Hall–Kier alpha value is -1.07. The predicted molar refractivity (Wildman–Crippen MR) is 66.2 cm³/mol. The van der Waals surface area contributed by atoms with Gasteiger partial charge < -0.3 is 15.4 Å². The van der Waals surface area contributed by atoms with Crippen LogP contribution in [0.2, 0.25) is 0 Å². The van der Waals surface area contributed by atoms with Crippen molar-refractivity contribution in [3.05, 3.63) is 28.2 Å². The molecule has 0 atom stereocenters. The fraction of sp³-hybridized carbons (Fsp3) is 0.364. The summed E-state index contributed by atoms with van der Waals surface area (Å²) in [6, 6.07) is 5.54. The third-order valence-corrected chi connectivity index (χ3v) is 2.59. The minimum atomic E-state index is -0.0779. The summed E-state index contributed by atoms with van der Waals surface area (Å²) in [4.78, 5) is 12.8. The van der Waals surface area contributed by atoms with Gasteiger partial charge in [0.05, 0.1) is 0 Å². The number of hydrogen-bond donors (Lipinski definition) is 1. The summed E-state index contributed by atoms with van der Waals surface area (Å²) < 4.78 is 6.36. The molecule has 1 aromatic rings. The molecule has 0 aliphatic heterocycles. The van der Waals surface area contributed by atoms with Crippen molar-refractivity contribution in [2.45, 2.75) is 6.54 Å². The van der Waals surface area contributed by atoms with E-state index < -0.39 is 0 Å². The molecule has 0 aliphatic rings. The SMILES string of the molecule is CN(C)C(=O)COc1ccc(Br)cc1CN. The lowest BCUT2D eigenvalue weighted by Gasteiger charge is -2.13. The van der Waals surface area contributed by atoms with Crippen LogP contribution in [0.25, 0.3) is 0 Å². The number of carbonyl (C=O) groups excluding carboxylic acids is 1. The molecule has 0 aliphatic carbocycles. The highest BCUT2D eigenvalue weighted by Crippen LogP contribution is 2.22. The van der Waals surface area contributed by atoms with Crippen molar-refractivity contribution in [2.75, 3.05) is 20.7 Å². The van der Waals surface area contributed by atoms with Gasteiger partial charge in [0.1, 0.15) is 5.75 Å². The van der Waals surface area contributed by atoms with Crippen molar-refractivity contribution in [2.24, 2.45) is 5.73 Å². The maximum atomic E-state index is 11.3. The second-order valence-corrected chi connectivity index (χ2v) is 4.45. The summed E-state index contributed by atoms with van der Waals surface area (Å²) in [6.45, 7) is 0.409. The van der Waals surface area contributed by atoms with Crippen molar-refractivity contribution in [3.8, 4) is 5.75 Å². The average molecular weight is 287 g/mol. The molecule has 2 N–H and O–H groups in total. The fourth-order valence-corrected chi connectivity index (χ4v) is 1.53. The second-order valence-electron chi connectivity index (χ2n) is 3.53. The molecule has 0 radical (unpaired) electrons. The van der Waals surface area contributed by atoms with Crippen LogP contribution >= 0.6 is 15.9 Å². The van der Waals surface area contributed by atoms with Crippen LogP contribution in [-0.4, -0.2) is 31.5 Å². The van der Waals surface area contributed by atoms with Gasteiger partial charge in [-0.25, -0.2) is 0 Å². The summed E-state index contributed by atoms with van der Waals surface area (Å²) >= 11 is 3.35. The number of halogens is 1. The summed E-state index contributed by atoms with van der Waals surface area (Å²) in [5.74, 6) is 0.576. The molecule has 0 heterocycles. The Morgan fingerprint density at radius 2 is 2.19 bits per heavy atom. The Bertz CT molecular complexity index is 380. The first-order valence-corrected chi connectivity index (χ1v) is 5.65. The highest BCUT2D eigenvalue weighted by atomic mass is 79.9. The third-order valence-electron chi connectivity index (χ3n) is 2.09. The minimum Gasteiger partial charge on any atom is -0.483 e. The molecule has 88 valence electrons. The van der Waals surface area contributed by atoms with Crippen LogP contribution in [0, 0.1) is 0 Å². The Balaban J connectivity index is 2.70. The number of nitrogens with two attached hydrogens (primary N) is 1. The first-order chi connectivity index (χ1) is 7.54. The van der Waals surface area contributed by atoms with E-state index in [0.717, 1.165) is 10.0 Å². The molecular formula is C11H15BrN2O2. The molecule has 1 amide bonds. The summed E-state index contributed by atoms with van der Waals surface area (Å²) in [6.07, 6.45) is 0. The highest BCUT2D eigenvalue weighted by Gasteiger charge is 2.07. The van der Waals surface area contributed by atoms with Crippen LogP contribution in [0.3, 0.4) is 0 Å². The number of carbonyl (C=O) groups is 1. The molecule has 0 bridgehead atoms. The van der Waals surface area contributed by atoms with Gasteiger partial charge in [0.15, 0.2) is 6.61 Å². The lowest BCUT2D eigenvalue weighted by molar-refractivity contribution is -0.130. The Morgan fingerprint density at radius 3 is 2.75 bits per heavy atom. The molecular weight excluding hydrogens is 272 g/mol. The van der Waals surface area contributed by atoms with E-state index in [1.54, 1.807) is 20.2 Å². The number of rotatable bonds is 4. The van der Waals surface area contributed by atoms with Crippen LogP contribution in [0.1, 0.15) is 5.56 Å². The number of likely N-dealkylation sites (N-methyl/N-ethyl adjacent to an activating group) is 1. The van der Waals surface area contributed by atoms with E-state index in [4.69, 9.17) is 10.5 Å². The van der Waals surface area contributed by atoms with Crippen molar-refractivity contribution >= 4 is 21.8 Å². The van der Waals surface area contributed by atoms with Gasteiger partial charge in [-0.15, -0.1) is 0 Å². The van der Waals surface area contributed by atoms with E-state index in [9.17, 15) is 4.79 Å². The molecule has 0 fully saturated rings. The molecule has 0 spiro atoms. The van der Waals surface area contributed by atoms with E-state index in [-0.39, 0.29) is 12.5 Å². The summed E-state index contributed by atoms with van der Waals surface area (Å²) in [7, 11) is 3.38. The van der Waals surface area contributed by atoms with Crippen LogP contribution < -0.4 is 10.5 Å². The van der Waals surface area contributed by atoms with Gasteiger partial charge in [-0.1, -0.05) is 15.9 Å². The molecule has 1 rings (SSSR count). The molecule has 1 aromatic carbocycles. The maximum absolute atomic E-state index is 11.3. The largest absolute Gasteiger partial charge is 0.483 e. The number of benzene rings is 1. The molecule has 0 unspecified atom stereocenters. The fourth-order valence-electron chi connectivity index (χ4n) is 1.12. The van der Waals surface area contributed by atoms with Crippen LogP contribution in [0.5, 0.6) is 5.75 Å². The zero-order valence-electron chi connectivity index (χ0n) is 9.37. The van der Waals surface area contributed by atoms with E-state index in [2.05, 4.69) is 15.9 Å². The summed E-state index contributed by atoms with van der Waals surface area (Å²) in [5, 5.41) is 0. The number of ether oxygens (including phenoxy) is 1. The lowest BCUT2D eigenvalue weighted by atomic mass is 10.2. The Kier molecular flexibility index (Phi) is 4.76. The maximum Gasteiger partial charge on any atom is 0.259 e. The van der Waals surface area contributed by atoms with Crippen LogP contribution in [0.15, 0.2) is 22.7 Å². The highest BCUT2D eigenvalue weighted by molar-refractivity contribution is 9.10. The van der Waals surface area contributed by atoms with Crippen LogP contribution in [-0.2, 0) is 11.3 Å². The molecule has 16 heavy (non-hydrogen) atoms. The molecule has 0 saturated carbocycles. The normalized spacial score (nSPS) is 10.0. The van der Waals surface area contributed by atoms with Gasteiger partial charge in [0.25, 0.3) is 5.91 Å². The zero-order valence-corrected chi connectivity index (χ0v) is 11.0. The predicted octanol–water partition coefficient (Wildman–Crippen LogP) is 1.37. The monoisotopic (exact) mass is 286 g/mol. The topological polar surface area (TPSA) is 55.6 Å². The molecule has 5 heteroatoms. The average Bonchev–Trinajstić information content (AvgIpc) is 2.26.